The van der Waals surface area contributed by atoms with Crippen LogP contribution in [0.2, 0.25) is 0 Å². The molecule has 8 nitrogen and oxygen atoms in total. The van der Waals surface area contributed by atoms with Gasteiger partial charge in [0.15, 0.2) is 0 Å². The van der Waals surface area contributed by atoms with E-state index in [0.29, 0.717) is 12.2 Å². The van der Waals surface area contributed by atoms with E-state index in [1.54, 1.807) is 14.0 Å². The summed E-state index contributed by atoms with van der Waals surface area (Å²) >= 11 is 0. The van der Waals surface area contributed by atoms with Crippen LogP contribution >= 0.6 is 0 Å². The Morgan fingerprint density at radius 2 is 2.15 bits per heavy atom. The maximum absolute atomic E-state index is 12.2. The molecule has 0 aliphatic rings. The van der Waals surface area contributed by atoms with E-state index in [-0.39, 0.29) is 10.6 Å². The largest absolute Gasteiger partial charge is 0.477 e. The lowest BCUT2D eigenvalue weighted by atomic mass is 10.4. The number of carboxylic acid groups (broad SMARTS) is 1. The Labute approximate surface area is 115 Å². The number of aromatic nitrogens is 3. The van der Waals surface area contributed by atoms with Crippen molar-refractivity contribution >= 4 is 21.7 Å². The molecular weight excluding hydrogens is 284 g/mol. The molecule has 0 aliphatic carbocycles. The van der Waals surface area contributed by atoms with E-state index in [1.807, 2.05) is 0 Å². The summed E-state index contributed by atoms with van der Waals surface area (Å²) in [4.78, 5) is 10.9. The zero-order chi connectivity index (χ0) is 14.9. The second-order valence-corrected chi connectivity index (χ2v) is 5.84. The first kappa shape index (κ1) is 14.1. The average Bonchev–Trinajstić information content (AvgIpc) is 2.95. The zero-order valence-electron chi connectivity index (χ0n) is 10.9. The molecule has 2 N–H and O–H groups in total. The number of nitrogens with zero attached hydrogens (tertiary/aromatic N) is 3. The molecule has 0 aromatic carbocycles. The zero-order valence-corrected chi connectivity index (χ0v) is 11.8. The molecule has 9 heteroatoms. The Hall–Kier alpha value is -2.29. The Balaban J connectivity index is 2.37. The van der Waals surface area contributed by atoms with Gasteiger partial charge >= 0.3 is 5.97 Å². The van der Waals surface area contributed by atoms with Gasteiger partial charge in [-0.2, -0.15) is 5.10 Å². The number of sulfonamides is 1. The number of aryl methyl sites for hydroxylation is 2. The molecule has 0 saturated heterocycles. The molecule has 2 rings (SSSR count). The first-order chi connectivity index (χ1) is 9.33. The lowest BCUT2D eigenvalue weighted by Crippen LogP contribution is -2.11. The fourth-order valence-corrected chi connectivity index (χ4v) is 2.83. The van der Waals surface area contributed by atoms with Gasteiger partial charge in [-0.25, -0.2) is 13.2 Å². The monoisotopic (exact) mass is 298 g/mol. The molecule has 108 valence electrons. The van der Waals surface area contributed by atoms with Crippen molar-refractivity contribution in [2.24, 2.45) is 7.05 Å². The molecule has 0 saturated carbocycles. The van der Waals surface area contributed by atoms with Gasteiger partial charge in [0.25, 0.3) is 10.0 Å². The molecule has 0 amide bonds. The SMILES string of the molecule is CCn1cc(S(=O)(=O)Nc2cnn(C)c2)cc1C(=O)O. The van der Waals surface area contributed by atoms with Gasteiger partial charge in [-0.3, -0.25) is 9.40 Å². The molecule has 2 aromatic rings. The minimum atomic E-state index is -3.83. The summed E-state index contributed by atoms with van der Waals surface area (Å²) in [5.41, 5.74) is 0.243. The van der Waals surface area contributed by atoms with Crippen LogP contribution in [0.4, 0.5) is 5.69 Å². The van der Waals surface area contributed by atoms with E-state index in [9.17, 15) is 13.2 Å². The Morgan fingerprint density at radius 1 is 1.45 bits per heavy atom. The lowest BCUT2D eigenvalue weighted by molar-refractivity contribution is 0.0685. The molecule has 0 bridgehead atoms. The number of hydrogen-bond acceptors (Lipinski definition) is 4. The topological polar surface area (TPSA) is 106 Å². The maximum atomic E-state index is 12.2. The van der Waals surface area contributed by atoms with Gasteiger partial charge in [0, 0.05) is 26.0 Å². The summed E-state index contributed by atoms with van der Waals surface area (Å²) < 4.78 is 29.5. The van der Waals surface area contributed by atoms with Crippen molar-refractivity contribution in [2.75, 3.05) is 4.72 Å². The van der Waals surface area contributed by atoms with Gasteiger partial charge in [-0.15, -0.1) is 0 Å². The molecule has 20 heavy (non-hydrogen) atoms. The second-order valence-electron chi connectivity index (χ2n) is 4.16. The average molecular weight is 298 g/mol. The number of carbonyl (C=O) groups is 1. The summed E-state index contributed by atoms with van der Waals surface area (Å²) in [7, 11) is -2.17. The van der Waals surface area contributed by atoms with Crippen molar-refractivity contribution in [2.45, 2.75) is 18.4 Å². The molecule has 0 unspecified atom stereocenters. The van der Waals surface area contributed by atoms with Gasteiger partial charge in [-0.1, -0.05) is 0 Å². The number of rotatable bonds is 5. The van der Waals surface area contributed by atoms with Crippen molar-refractivity contribution in [1.82, 2.24) is 14.3 Å². The van der Waals surface area contributed by atoms with E-state index in [0.717, 1.165) is 6.07 Å². The van der Waals surface area contributed by atoms with E-state index in [4.69, 9.17) is 5.11 Å². The predicted molar refractivity (Wildman–Crippen MR) is 71.1 cm³/mol. The first-order valence-corrected chi connectivity index (χ1v) is 7.26. The Bertz CT molecular complexity index is 744. The number of carboxylic acids is 1. The molecule has 0 fully saturated rings. The van der Waals surface area contributed by atoms with Crippen LogP contribution in [0.15, 0.2) is 29.6 Å². The van der Waals surface area contributed by atoms with Crippen LogP contribution in [0, 0.1) is 0 Å². The van der Waals surface area contributed by atoms with Crippen LogP contribution < -0.4 is 4.72 Å². The number of nitrogens with one attached hydrogen (secondary N) is 1. The van der Waals surface area contributed by atoms with E-state index < -0.39 is 16.0 Å². The van der Waals surface area contributed by atoms with E-state index >= 15 is 0 Å². The summed E-state index contributed by atoms with van der Waals surface area (Å²) in [6, 6.07) is 1.13. The fraction of sp³-hybridized carbons (Fsp3) is 0.273. The number of aromatic carboxylic acids is 1. The Kier molecular flexibility index (Phi) is 3.53. The molecule has 2 heterocycles. The van der Waals surface area contributed by atoms with Crippen molar-refractivity contribution in [3.8, 4) is 0 Å². The molecule has 0 atom stereocenters. The summed E-state index contributed by atoms with van der Waals surface area (Å²) in [6.07, 6.45) is 4.17. The quantitative estimate of drug-likeness (QED) is 0.846. The first-order valence-electron chi connectivity index (χ1n) is 5.78. The molecule has 0 radical (unpaired) electrons. The fourth-order valence-electron chi connectivity index (χ4n) is 1.76. The van der Waals surface area contributed by atoms with Gasteiger partial charge < -0.3 is 9.67 Å². The van der Waals surface area contributed by atoms with Gasteiger partial charge in [0.2, 0.25) is 0 Å². The standard InChI is InChI=1S/C11H14N4O4S/c1-3-15-7-9(4-10(15)11(16)17)20(18,19)13-8-5-12-14(2)6-8/h4-7,13H,3H2,1-2H3,(H,16,17). The van der Waals surface area contributed by atoms with Crippen molar-refractivity contribution < 1.29 is 18.3 Å². The van der Waals surface area contributed by atoms with Crippen LogP contribution in [0.1, 0.15) is 17.4 Å². The molecule has 0 spiro atoms. The summed E-state index contributed by atoms with van der Waals surface area (Å²) in [5.74, 6) is -1.17. The highest BCUT2D eigenvalue weighted by Crippen LogP contribution is 2.18. The van der Waals surface area contributed by atoms with Gasteiger partial charge in [0.1, 0.15) is 10.6 Å². The highest BCUT2D eigenvalue weighted by atomic mass is 32.2. The van der Waals surface area contributed by atoms with Crippen LogP contribution in [0.5, 0.6) is 0 Å². The summed E-state index contributed by atoms with van der Waals surface area (Å²) in [5, 5.41) is 12.9. The second kappa shape index (κ2) is 5.00. The maximum Gasteiger partial charge on any atom is 0.352 e. The molecular formula is C11H14N4O4S. The third-order valence-corrected chi connectivity index (χ3v) is 4.05. The minimum Gasteiger partial charge on any atom is -0.477 e. The van der Waals surface area contributed by atoms with Crippen LogP contribution in [-0.2, 0) is 23.6 Å². The molecule has 2 aromatic heterocycles. The van der Waals surface area contributed by atoms with Crippen LogP contribution in [0.3, 0.4) is 0 Å². The van der Waals surface area contributed by atoms with Crippen LogP contribution in [-0.4, -0.2) is 33.8 Å². The highest BCUT2D eigenvalue weighted by Gasteiger charge is 2.21. The van der Waals surface area contributed by atoms with Crippen LogP contribution in [0.25, 0.3) is 0 Å². The molecule has 0 aliphatic heterocycles. The van der Waals surface area contributed by atoms with Crippen molar-refractivity contribution in [3.05, 3.63) is 30.4 Å². The third-order valence-electron chi connectivity index (χ3n) is 2.70. The van der Waals surface area contributed by atoms with Gasteiger partial charge in [0.05, 0.1) is 11.9 Å². The lowest BCUT2D eigenvalue weighted by Gasteiger charge is -2.03. The third kappa shape index (κ3) is 2.67. The number of anilines is 1. The Morgan fingerprint density at radius 3 is 2.60 bits per heavy atom. The normalized spacial score (nSPS) is 11.5. The van der Waals surface area contributed by atoms with E-state index in [1.165, 1.54) is 27.8 Å². The summed E-state index contributed by atoms with van der Waals surface area (Å²) in [6.45, 7) is 2.10. The number of hydrogen-bond donors (Lipinski definition) is 2. The highest BCUT2D eigenvalue weighted by molar-refractivity contribution is 7.92. The predicted octanol–water partition coefficient (Wildman–Crippen LogP) is 0.740. The van der Waals surface area contributed by atoms with Crippen molar-refractivity contribution in [3.63, 3.8) is 0 Å². The van der Waals surface area contributed by atoms with Crippen molar-refractivity contribution in [1.29, 1.82) is 0 Å². The minimum absolute atomic E-state index is 0.0703. The van der Waals surface area contributed by atoms with Gasteiger partial charge in [-0.05, 0) is 13.0 Å². The van der Waals surface area contributed by atoms with E-state index in [2.05, 4.69) is 9.82 Å². The smallest absolute Gasteiger partial charge is 0.352 e.